The molecule has 0 saturated heterocycles. The third-order valence-corrected chi connectivity index (χ3v) is 7.23. The van der Waals surface area contributed by atoms with Gasteiger partial charge in [-0.1, -0.05) is 132 Å². The number of hydrogen-bond donors (Lipinski definition) is 1. The Morgan fingerprint density at radius 3 is 1.52 bits per heavy atom. The maximum absolute atomic E-state index is 12.3. The van der Waals surface area contributed by atoms with Crippen molar-refractivity contribution in [1.82, 2.24) is 0 Å². The molecule has 42 heavy (non-hydrogen) atoms. The van der Waals surface area contributed by atoms with Gasteiger partial charge in [0.15, 0.2) is 0 Å². The van der Waals surface area contributed by atoms with E-state index in [1.165, 1.54) is 32.1 Å². The highest BCUT2D eigenvalue weighted by Crippen LogP contribution is 2.16. The molecule has 0 aliphatic rings. The molecule has 0 aliphatic carbocycles. The SMILES string of the molecule is CC/C=C\C/C=C\C/C=C\C/C=C\C/C=C\CCCCCCCC(=O)OC(CCC)CCCCCCCCCC(=O)O. The second-order valence-corrected chi connectivity index (χ2v) is 11.3. The van der Waals surface area contributed by atoms with E-state index in [-0.39, 0.29) is 18.5 Å². The predicted octanol–water partition coefficient (Wildman–Crippen LogP) is 11.8. The number of hydrogen-bond acceptors (Lipinski definition) is 3. The smallest absolute Gasteiger partial charge is 0.306 e. The van der Waals surface area contributed by atoms with Gasteiger partial charge in [-0.15, -0.1) is 0 Å². The van der Waals surface area contributed by atoms with Crippen molar-refractivity contribution in [3.05, 3.63) is 60.8 Å². The molecule has 0 aromatic carbocycles. The molecule has 4 nitrogen and oxygen atoms in total. The molecule has 0 rings (SSSR count). The number of allylic oxidation sites excluding steroid dienone is 10. The lowest BCUT2D eigenvalue weighted by Crippen LogP contribution is -2.18. The van der Waals surface area contributed by atoms with Crippen LogP contribution in [0.15, 0.2) is 60.8 Å². The first-order valence-electron chi connectivity index (χ1n) is 17.3. The molecule has 1 N–H and O–H groups in total. The summed E-state index contributed by atoms with van der Waals surface area (Å²) in [6, 6.07) is 0. The summed E-state index contributed by atoms with van der Waals surface area (Å²) >= 11 is 0. The number of unbranched alkanes of at least 4 members (excludes halogenated alkanes) is 11. The molecule has 0 bridgehead atoms. The van der Waals surface area contributed by atoms with E-state index in [4.69, 9.17) is 9.84 Å². The molecule has 0 fully saturated rings. The molecule has 1 atom stereocenters. The number of aliphatic carboxylic acids is 1. The zero-order valence-corrected chi connectivity index (χ0v) is 27.3. The first-order chi connectivity index (χ1) is 20.6. The lowest BCUT2D eigenvalue weighted by molar-refractivity contribution is -0.150. The molecular formula is C38H64O4. The van der Waals surface area contributed by atoms with Crippen molar-refractivity contribution in [2.75, 3.05) is 0 Å². The lowest BCUT2D eigenvalue weighted by Gasteiger charge is -2.17. The number of carboxylic acids is 1. The molecule has 0 radical (unpaired) electrons. The van der Waals surface area contributed by atoms with E-state index >= 15 is 0 Å². The number of carbonyl (C=O) groups is 2. The Bertz CT molecular complexity index is 759. The van der Waals surface area contributed by atoms with Gasteiger partial charge in [0.2, 0.25) is 0 Å². The summed E-state index contributed by atoms with van der Waals surface area (Å²) in [6.07, 6.45) is 45.7. The summed E-state index contributed by atoms with van der Waals surface area (Å²) < 4.78 is 5.80. The number of ether oxygens (including phenoxy) is 1. The van der Waals surface area contributed by atoms with Gasteiger partial charge in [0.1, 0.15) is 6.10 Å². The van der Waals surface area contributed by atoms with Crippen LogP contribution in [-0.4, -0.2) is 23.1 Å². The topological polar surface area (TPSA) is 63.6 Å². The minimum Gasteiger partial charge on any atom is -0.481 e. The standard InChI is InChI=1S/C38H64O4/c1-3-5-6-7-8-9-10-11-12-13-14-15-16-17-18-19-20-21-25-28-31-35-38(41)42-36(32-4-2)33-29-26-23-22-24-27-30-34-37(39)40/h5-6,8-9,11-12,14-15,17-18,36H,3-4,7,10,13,16,19-35H2,1-2H3,(H,39,40)/b6-5-,9-8-,12-11-,15-14-,18-17-. The van der Waals surface area contributed by atoms with E-state index in [0.29, 0.717) is 6.42 Å². The van der Waals surface area contributed by atoms with Crippen LogP contribution in [0.2, 0.25) is 0 Å². The summed E-state index contributed by atoms with van der Waals surface area (Å²) in [5.74, 6) is -0.717. The number of rotatable bonds is 30. The van der Waals surface area contributed by atoms with Crippen LogP contribution in [0.25, 0.3) is 0 Å². The van der Waals surface area contributed by atoms with Crippen molar-refractivity contribution in [3.8, 4) is 0 Å². The van der Waals surface area contributed by atoms with Crippen LogP contribution in [0.5, 0.6) is 0 Å². The van der Waals surface area contributed by atoms with Crippen LogP contribution >= 0.6 is 0 Å². The Morgan fingerprint density at radius 1 is 0.548 bits per heavy atom. The van der Waals surface area contributed by atoms with Crippen molar-refractivity contribution < 1.29 is 19.4 Å². The van der Waals surface area contributed by atoms with Crippen LogP contribution in [0.1, 0.15) is 162 Å². The fourth-order valence-corrected chi connectivity index (χ4v) is 4.79. The van der Waals surface area contributed by atoms with E-state index in [1.807, 2.05) is 0 Å². The summed E-state index contributed by atoms with van der Waals surface area (Å²) in [6.45, 7) is 4.31. The van der Waals surface area contributed by atoms with Gasteiger partial charge in [0.05, 0.1) is 0 Å². The second kappa shape index (κ2) is 33.1. The first kappa shape index (κ1) is 39.6. The Hall–Kier alpha value is -2.36. The molecular weight excluding hydrogens is 520 g/mol. The van der Waals surface area contributed by atoms with Crippen LogP contribution in [-0.2, 0) is 14.3 Å². The Morgan fingerprint density at radius 2 is 1.00 bits per heavy atom. The van der Waals surface area contributed by atoms with Crippen LogP contribution in [0.3, 0.4) is 0 Å². The highest BCUT2D eigenvalue weighted by molar-refractivity contribution is 5.69. The van der Waals surface area contributed by atoms with Crippen LogP contribution in [0, 0.1) is 0 Å². The Labute approximate surface area is 259 Å². The van der Waals surface area contributed by atoms with Gasteiger partial charge in [-0.25, -0.2) is 0 Å². The van der Waals surface area contributed by atoms with E-state index in [1.54, 1.807) is 0 Å². The van der Waals surface area contributed by atoms with Crippen molar-refractivity contribution in [1.29, 1.82) is 0 Å². The van der Waals surface area contributed by atoms with Gasteiger partial charge in [-0.2, -0.15) is 0 Å². The number of carbonyl (C=O) groups excluding carboxylic acids is 1. The van der Waals surface area contributed by atoms with Crippen molar-refractivity contribution in [2.24, 2.45) is 0 Å². The average Bonchev–Trinajstić information content (AvgIpc) is 2.97. The fourth-order valence-electron chi connectivity index (χ4n) is 4.79. The molecule has 0 saturated carbocycles. The molecule has 0 heterocycles. The third kappa shape index (κ3) is 32.2. The second-order valence-electron chi connectivity index (χ2n) is 11.3. The number of carboxylic acid groups (broad SMARTS) is 1. The van der Waals surface area contributed by atoms with Crippen LogP contribution < -0.4 is 0 Å². The zero-order chi connectivity index (χ0) is 30.8. The van der Waals surface area contributed by atoms with Crippen molar-refractivity contribution in [3.63, 3.8) is 0 Å². The average molecular weight is 585 g/mol. The predicted molar refractivity (Wildman–Crippen MR) is 181 cm³/mol. The summed E-state index contributed by atoms with van der Waals surface area (Å²) in [7, 11) is 0. The highest BCUT2D eigenvalue weighted by Gasteiger charge is 2.13. The molecule has 0 spiro atoms. The summed E-state index contributed by atoms with van der Waals surface area (Å²) in [5, 5.41) is 8.67. The highest BCUT2D eigenvalue weighted by atomic mass is 16.5. The molecule has 0 aliphatic heterocycles. The summed E-state index contributed by atoms with van der Waals surface area (Å²) in [4.78, 5) is 22.9. The normalized spacial score (nSPS) is 13.0. The maximum Gasteiger partial charge on any atom is 0.306 e. The van der Waals surface area contributed by atoms with Crippen LogP contribution in [0.4, 0.5) is 0 Å². The monoisotopic (exact) mass is 584 g/mol. The largest absolute Gasteiger partial charge is 0.481 e. The van der Waals surface area contributed by atoms with Gasteiger partial charge in [-0.3, -0.25) is 9.59 Å². The van der Waals surface area contributed by atoms with E-state index < -0.39 is 5.97 Å². The van der Waals surface area contributed by atoms with Gasteiger partial charge in [-0.05, 0) is 77.0 Å². The van der Waals surface area contributed by atoms with Crippen molar-refractivity contribution in [2.45, 2.75) is 168 Å². The molecule has 0 amide bonds. The lowest BCUT2D eigenvalue weighted by atomic mass is 10.0. The molecule has 1 unspecified atom stereocenters. The van der Waals surface area contributed by atoms with Gasteiger partial charge in [0.25, 0.3) is 0 Å². The molecule has 0 aromatic rings. The Balaban J connectivity index is 3.65. The molecule has 0 aromatic heterocycles. The van der Waals surface area contributed by atoms with Crippen molar-refractivity contribution >= 4 is 11.9 Å². The Kier molecular flexibility index (Phi) is 31.3. The quantitative estimate of drug-likeness (QED) is 0.0518. The van der Waals surface area contributed by atoms with E-state index in [0.717, 1.165) is 103 Å². The van der Waals surface area contributed by atoms with Gasteiger partial charge < -0.3 is 9.84 Å². The maximum atomic E-state index is 12.3. The molecule has 4 heteroatoms. The summed E-state index contributed by atoms with van der Waals surface area (Å²) in [5.41, 5.74) is 0. The fraction of sp³-hybridized carbons (Fsp3) is 0.684. The van der Waals surface area contributed by atoms with Gasteiger partial charge >= 0.3 is 11.9 Å². The first-order valence-corrected chi connectivity index (χ1v) is 17.3. The van der Waals surface area contributed by atoms with E-state index in [2.05, 4.69) is 74.6 Å². The molecule has 240 valence electrons. The zero-order valence-electron chi connectivity index (χ0n) is 27.3. The minimum absolute atomic E-state index is 0.0225. The van der Waals surface area contributed by atoms with Gasteiger partial charge in [0, 0.05) is 12.8 Å². The number of esters is 1. The van der Waals surface area contributed by atoms with E-state index in [9.17, 15) is 9.59 Å². The minimum atomic E-state index is -0.695. The third-order valence-electron chi connectivity index (χ3n) is 7.23.